The third-order valence-electron chi connectivity index (χ3n) is 3.93. The van der Waals surface area contributed by atoms with Crippen LogP contribution in [-0.4, -0.2) is 44.6 Å². The van der Waals surface area contributed by atoms with Crippen LogP contribution in [0.3, 0.4) is 0 Å². The summed E-state index contributed by atoms with van der Waals surface area (Å²) in [5, 5.41) is 9.47. The van der Waals surface area contributed by atoms with Gasteiger partial charge in [-0.25, -0.2) is 0 Å². The number of benzene rings is 1. The Hall–Kier alpha value is -1.26. The van der Waals surface area contributed by atoms with E-state index in [2.05, 4.69) is 18.7 Å². The first-order chi connectivity index (χ1) is 11.8. The van der Waals surface area contributed by atoms with Crippen molar-refractivity contribution in [2.75, 3.05) is 44.4 Å². The Morgan fingerprint density at radius 2 is 1.21 bits per heavy atom. The Balaban J connectivity index is 2.34. The first-order valence-corrected chi connectivity index (χ1v) is 9.47. The fourth-order valence-electron chi connectivity index (χ4n) is 2.45. The summed E-state index contributed by atoms with van der Waals surface area (Å²) in [6.07, 6.45) is 6.66. The van der Waals surface area contributed by atoms with E-state index in [1.165, 1.54) is 12.8 Å². The van der Waals surface area contributed by atoms with Crippen LogP contribution in [0.2, 0.25) is 0 Å². The molecule has 24 heavy (non-hydrogen) atoms. The molecule has 0 aromatic heterocycles. The lowest BCUT2D eigenvalue weighted by Crippen LogP contribution is -2.27. The van der Waals surface area contributed by atoms with Gasteiger partial charge in [0, 0.05) is 45.2 Å². The van der Waals surface area contributed by atoms with Crippen molar-refractivity contribution in [3.63, 3.8) is 0 Å². The van der Waals surface area contributed by atoms with E-state index in [1.54, 1.807) is 12.1 Å². The minimum absolute atomic E-state index is 0.310. The molecule has 0 saturated carbocycles. The van der Waals surface area contributed by atoms with Crippen LogP contribution in [0.5, 0.6) is 5.75 Å². The van der Waals surface area contributed by atoms with E-state index >= 15 is 0 Å². The Morgan fingerprint density at radius 3 is 1.67 bits per heavy atom. The molecule has 0 fully saturated rings. The molecule has 1 aromatic carbocycles. The van der Waals surface area contributed by atoms with Crippen LogP contribution in [0, 0.1) is 0 Å². The smallest absolute Gasteiger partial charge is 0.115 e. The van der Waals surface area contributed by atoms with Gasteiger partial charge >= 0.3 is 0 Å². The highest BCUT2D eigenvalue weighted by Crippen LogP contribution is 2.19. The van der Waals surface area contributed by atoms with Gasteiger partial charge in [0.1, 0.15) is 5.75 Å². The number of rotatable bonds is 15. The lowest BCUT2D eigenvalue weighted by Gasteiger charge is -2.25. The lowest BCUT2D eigenvalue weighted by molar-refractivity contribution is 0.126. The van der Waals surface area contributed by atoms with Gasteiger partial charge in [0.2, 0.25) is 0 Å². The first-order valence-electron chi connectivity index (χ1n) is 9.47. The first kappa shape index (κ1) is 20.8. The number of hydrogen-bond acceptors (Lipinski definition) is 4. The zero-order valence-electron chi connectivity index (χ0n) is 15.5. The van der Waals surface area contributed by atoms with Gasteiger partial charge in [-0.2, -0.15) is 0 Å². The summed E-state index contributed by atoms with van der Waals surface area (Å²) in [6, 6.07) is 7.45. The summed E-state index contributed by atoms with van der Waals surface area (Å²) in [4.78, 5) is 2.35. The van der Waals surface area contributed by atoms with Gasteiger partial charge in [-0.15, -0.1) is 0 Å². The van der Waals surface area contributed by atoms with Crippen LogP contribution >= 0.6 is 0 Å². The summed E-state index contributed by atoms with van der Waals surface area (Å²) >= 11 is 0. The van der Waals surface area contributed by atoms with E-state index < -0.39 is 0 Å². The fraction of sp³-hybridized carbons (Fsp3) is 0.700. The molecule has 0 bridgehead atoms. The topological polar surface area (TPSA) is 41.9 Å². The second-order valence-electron chi connectivity index (χ2n) is 6.14. The van der Waals surface area contributed by atoms with Crippen molar-refractivity contribution in [2.45, 2.75) is 52.4 Å². The zero-order valence-corrected chi connectivity index (χ0v) is 15.5. The van der Waals surface area contributed by atoms with Crippen LogP contribution in [0.15, 0.2) is 24.3 Å². The molecule has 0 spiro atoms. The molecule has 1 rings (SSSR count). The highest BCUT2D eigenvalue weighted by Gasteiger charge is 2.06. The highest BCUT2D eigenvalue weighted by atomic mass is 16.5. The fourth-order valence-corrected chi connectivity index (χ4v) is 2.45. The van der Waals surface area contributed by atoms with E-state index in [0.29, 0.717) is 5.75 Å². The summed E-state index contributed by atoms with van der Waals surface area (Å²) < 4.78 is 11.3. The zero-order chi connectivity index (χ0) is 17.5. The second-order valence-corrected chi connectivity index (χ2v) is 6.14. The average molecular weight is 338 g/mol. The van der Waals surface area contributed by atoms with Crippen LogP contribution in [0.25, 0.3) is 0 Å². The second kappa shape index (κ2) is 14.1. The van der Waals surface area contributed by atoms with Crippen molar-refractivity contribution >= 4 is 5.69 Å². The SMILES string of the molecule is CCCCOCCCN(CCCOCCCC)c1ccc(O)cc1. The van der Waals surface area contributed by atoms with Crippen molar-refractivity contribution in [3.8, 4) is 5.75 Å². The van der Waals surface area contributed by atoms with Crippen LogP contribution < -0.4 is 4.90 Å². The number of unbranched alkanes of at least 4 members (excludes halogenated alkanes) is 2. The Bertz CT molecular complexity index is 378. The highest BCUT2D eigenvalue weighted by molar-refractivity contribution is 5.48. The summed E-state index contributed by atoms with van der Waals surface area (Å²) in [6.45, 7) is 9.62. The number of anilines is 1. The van der Waals surface area contributed by atoms with Crippen molar-refractivity contribution in [3.05, 3.63) is 24.3 Å². The molecule has 1 N–H and O–H groups in total. The summed E-state index contributed by atoms with van der Waals surface area (Å²) in [5.41, 5.74) is 1.15. The van der Waals surface area contributed by atoms with E-state index in [-0.39, 0.29) is 0 Å². The quantitative estimate of drug-likeness (QED) is 0.475. The summed E-state index contributed by atoms with van der Waals surface area (Å²) in [7, 11) is 0. The van der Waals surface area contributed by atoms with Crippen LogP contribution in [0.1, 0.15) is 52.4 Å². The van der Waals surface area contributed by atoms with Crippen molar-refractivity contribution in [2.24, 2.45) is 0 Å². The largest absolute Gasteiger partial charge is 0.508 e. The molecule has 0 aliphatic rings. The number of phenols is 1. The minimum Gasteiger partial charge on any atom is -0.508 e. The summed E-state index contributed by atoms with van der Waals surface area (Å²) in [5.74, 6) is 0.310. The standard InChI is InChI=1S/C20H35NO3/c1-3-5-15-23-17-7-13-21(14-8-18-24-16-6-4-2)19-9-11-20(22)12-10-19/h9-12,22H,3-8,13-18H2,1-2H3. The van der Waals surface area contributed by atoms with Crippen LogP contribution in [-0.2, 0) is 9.47 Å². The number of aromatic hydroxyl groups is 1. The van der Waals surface area contributed by atoms with Gasteiger partial charge in [0.05, 0.1) is 0 Å². The molecular weight excluding hydrogens is 302 g/mol. The maximum atomic E-state index is 9.47. The molecule has 0 aliphatic heterocycles. The molecule has 0 saturated heterocycles. The monoisotopic (exact) mass is 337 g/mol. The van der Waals surface area contributed by atoms with E-state index in [1.807, 2.05) is 12.1 Å². The van der Waals surface area contributed by atoms with E-state index in [9.17, 15) is 5.11 Å². The molecule has 4 nitrogen and oxygen atoms in total. The van der Waals surface area contributed by atoms with E-state index in [0.717, 1.165) is 70.9 Å². The van der Waals surface area contributed by atoms with Crippen molar-refractivity contribution < 1.29 is 14.6 Å². The lowest BCUT2D eigenvalue weighted by atomic mass is 10.2. The van der Waals surface area contributed by atoms with Gasteiger partial charge in [0.25, 0.3) is 0 Å². The van der Waals surface area contributed by atoms with Gasteiger partial charge in [-0.3, -0.25) is 0 Å². The molecule has 138 valence electrons. The van der Waals surface area contributed by atoms with Crippen LogP contribution in [0.4, 0.5) is 5.69 Å². The van der Waals surface area contributed by atoms with E-state index in [4.69, 9.17) is 9.47 Å². The number of nitrogens with zero attached hydrogens (tertiary/aromatic N) is 1. The molecule has 0 amide bonds. The third-order valence-corrected chi connectivity index (χ3v) is 3.93. The van der Waals surface area contributed by atoms with Gasteiger partial charge in [-0.05, 0) is 49.9 Å². The Morgan fingerprint density at radius 1 is 0.750 bits per heavy atom. The molecular formula is C20H35NO3. The number of hydrogen-bond donors (Lipinski definition) is 1. The Kier molecular flexibility index (Phi) is 12.2. The van der Waals surface area contributed by atoms with Crippen molar-refractivity contribution in [1.82, 2.24) is 0 Å². The van der Waals surface area contributed by atoms with Gasteiger partial charge in [0.15, 0.2) is 0 Å². The number of phenolic OH excluding ortho intramolecular Hbond substituents is 1. The van der Waals surface area contributed by atoms with Gasteiger partial charge < -0.3 is 19.5 Å². The normalized spacial score (nSPS) is 10.9. The molecule has 0 atom stereocenters. The van der Waals surface area contributed by atoms with Gasteiger partial charge in [-0.1, -0.05) is 26.7 Å². The van der Waals surface area contributed by atoms with Crippen molar-refractivity contribution in [1.29, 1.82) is 0 Å². The number of ether oxygens (including phenoxy) is 2. The molecule has 1 aromatic rings. The molecule has 0 aliphatic carbocycles. The predicted molar refractivity (Wildman–Crippen MR) is 101 cm³/mol. The molecule has 0 heterocycles. The molecule has 0 unspecified atom stereocenters. The third kappa shape index (κ3) is 9.78. The maximum Gasteiger partial charge on any atom is 0.115 e. The minimum atomic E-state index is 0.310. The molecule has 4 heteroatoms. The maximum absolute atomic E-state index is 9.47. The Labute approximate surface area is 147 Å². The average Bonchev–Trinajstić information content (AvgIpc) is 2.60. The predicted octanol–water partition coefficient (Wildman–Crippen LogP) is 4.61. The molecule has 0 radical (unpaired) electrons.